The predicted molar refractivity (Wildman–Crippen MR) is 123 cm³/mol. The van der Waals surface area contributed by atoms with E-state index in [1.165, 1.54) is 12.1 Å². The molecule has 0 spiro atoms. The highest BCUT2D eigenvalue weighted by Gasteiger charge is 2.21. The van der Waals surface area contributed by atoms with Gasteiger partial charge in [-0.2, -0.15) is 0 Å². The molecule has 0 fully saturated rings. The zero-order valence-corrected chi connectivity index (χ0v) is 18.5. The molecule has 0 aliphatic carbocycles. The predicted octanol–water partition coefficient (Wildman–Crippen LogP) is 5.15. The Morgan fingerprint density at radius 1 is 1.22 bits per heavy atom. The van der Waals surface area contributed by atoms with Crippen molar-refractivity contribution in [3.05, 3.63) is 65.2 Å². The molecule has 6 nitrogen and oxygen atoms in total. The molecule has 32 heavy (non-hydrogen) atoms. The zero-order valence-electron chi connectivity index (χ0n) is 17.7. The fourth-order valence-electron chi connectivity index (χ4n) is 3.08. The van der Waals surface area contributed by atoms with Gasteiger partial charge in [0.2, 0.25) is 6.41 Å². The first kappa shape index (κ1) is 23.2. The number of nitrogens with one attached hydrogen (secondary N) is 1. The van der Waals surface area contributed by atoms with Crippen LogP contribution in [0.25, 0.3) is 11.3 Å². The first-order valence-corrected chi connectivity index (χ1v) is 10.6. The SMILES string of the molecule is Cc1cccc(SC(C)C)c1N=C(N)c1cc(F)c(-c2c(O)cccc2F)nc1NC=O. The molecular weight excluding hydrogens is 434 g/mol. The summed E-state index contributed by atoms with van der Waals surface area (Å²) in [6, 6.07) is 10.3. The molecule has 0 saturated carbocycles. The Labute approximate surface area is 188 Å². The molecule has 166 valence electrons. The lowest BCUT2D eigenvalue weighted by Crippen LogP contribution is -2.18. The average Bonchev–Trinajstić information content (AvgIpc) is 2.72. The van der Waals surface area contributed by atoms with Gasteiger partial charge in [-0.15, -0.1) is 11.8 Å². The van der Waals surface area contributed by atoms with Crippen molar-refractivity contribution in [1.82, 2.24) is 4.98 Å². The Morgan fingerprint density at radius 2 is 1.94 bits per heavy atom. The Morgan fingerprint density at radius 3 is 2.59 bits per heavy atom. The van der Waals surface area contributed by atoms with Crippen LogP contribution in [0.1, 0.15) is 25.0 Å². The number of phenols is 1. The summed E-state index contributed by atoms with van der Waals surface area (Å²) in [7, 11) is 0. The number of aromatic nitrogens is 1. The van der Waals surface area contributed by atoms with Crippen LogP contribution in [0, 0.1) is 18.6 Å². The highest BCUT2D eigenvalue weighted by molar-refractivity contribution is 8.00. The van der Waals surface area contributed by atoms with Crippen LogP contribution in [-0.2, 0) is 4.79 Å². The van der Waals surface area contributed by atoms with Crippen LogP contribution in [-0.4, -0.2) is 27.6 Å². The summed E-state index contributed by atoms with van der Waals surface area (Å²) >= 11 is 1.60. The number of amides is 1. The number of aryl methyl sites for hydroxylation is 1. The average molecular weight is 457 g/mol. The molecule has 0 bridgehead atoms. The third-order valence-corrected chi connectivity index (χ3v) is 5.53. The number of anilines is 1. The smallest absolute Gasteiger partial charge is 0.212 e. The largest absolute Gasteiger partial charge is 0.507 e. The van der Waals surface area contributed by atoms with Crippen LogP contribution in [0.15, 0.2) is 52.4 Å². The van der Waals surface area contributed by atoms with Gasteiger partial charge in [-0.25, -0.2) is 18.8 Å². The van der Waals surface area contributed by atoms with Gasteiger partial charge in [0.15, 0.2) is 5.82 Å². The Kier molecular flexibility index (Phi) is 7.09. The minimum absolute atomic E-state index is 0.0259. The second-order valence-electron chi connectivity index (χ2n) is 7.20. The number of hydrogen-bond acceptors (Lipinski definition) is 5. The van der Waals surface area contributed by atoms with Crippen molar-refractivity contribution in [2.75, 3.05) is 5.32 Å². The maximum absolute atomic E-state index is 15.0. The monoisotopic (exact) mass is 456 g/mol. The number of carbonyl (C=O) groups excluding carboxylic acids is 1. The van der Waals surface area contributed by atoms with E-state index in [1.807, 2.05) is 39.0 Å². The van der Waals surface area contributed by atoms with Gasteiger partial charge in [0, 0.05) is 10.1 Å². The summed E-state index contributed by atoms with van der Waals surface area (Å²) in [4.78, 5) is 20.6. The van der Waals surface area contributed by atoms with Crippen molar-refractivity contribution in [2.45, 2.75) is 30.9 Å². The lowest BCUT2D eigenvalue weighted by Gasteiger charge is -2.14. The number of phenolic OH excluding ortho intramolecular Hbond substituents is 1. The van der Waals surface area contributed by atoms with E-state index in [-0.39, 0.29) is 17.2 Å². The van der Waals surface area contributed by atoms with Crippen molar-refractivity contribution in [2.24, 2.45) is 10.7 Å². The molecule has 9 heteroatoms. The van der Waals surface area contributed by atoms with Gasteiger partial charge >= 0.3 is 0 Å². The molecule has 0 saturated heterocycles. The molecular formula is C23H22F2N4O2S. The summed E-state index contributed by atoms with van der Waals surface area (Å²) in [5.41, 5.74) is 6.83. The van der Waals surface area contributed by atoms with Gasteiger partial charge in [0.1, 0.15) is 28.9 Å². The molecule has 3 rings (SSSR count). The number of benzene rings is 2. The number of pyridine rings is 1. The number of aliphatic imine (C=N–C) groups is 1. The van der Waals surface area contributed by atoms with E-state index >= 15 is 0 Å². The topological polar surface area (TPSA) is 101 Å². The van der Waals surface area contributed by atoms with Gasteiger partial charge in [-0.1, -0.05) is 32.0 Å². The number of nitrogens with zero attached hydrogens (tertiary/aromatic N) is 2. The van der Waals surface area contributed by atoms with Gasteiger partial charge in [-0.3, -0.25) is 4.79 Å². The molecule has 0 radical (unpaired) electrons. The van der Waals surface area contributed by atoms with E-state index in [9.17, 15) is 18.7 Å². The number of halogens is 2. The second-order valence-corrected chi connectivity index (χ2v) is 8.81. The second kappa shape index (κ2) is 9.78. The van der Waals surface area contributed by atoms with Crippen molar-refractivity contribution < 1.29 is 18.7 Å². The van der Waals surface area contributed by atoms with Gasteiger partial charge < -0.3 is 16.2 Å². The Bertz CT molecular complexity index is 1180. The molecule has 1 amide bonds. The first-order valence-electron chi connectivity index (χ1n) is 9.72. The van der Waals surface area contributed by atoms with E-state index in [2.05, 4.69) is 15.3 Å². The molecule has 0 atom stereocenters. The summed E-state index contributed by atoms with van der Waals surface area (Å²) in [5, 5.41) is 12.7. The van der Waals surface area contributed by atoms with Crippen LogP contribution >= 0.6 is 11.8 Å². The Hall–Kier alpha value is -3.46. The van der Waals surface area contributed by atoms with Gasteiger partial charge in [0.05, 0.1) is 16.8 Å². The number of amidine groups is 1. The molecule has 1 heterocycles. The number of carbonyl (C=O) groups is 1. The van der Waals surface area contributed by atoms with Gasteiger partial charge in [-0.05, 0) is 36.8 Å². The summed E-state index contributed by atoms with van der Waals surface area (Å²) in [6.45, 7) is 5.97. The lowest BCUT2D eigenvalue weighted by molar-refractivity contribution is -0.105. The minimum atomic E-state index is -0.934. The number of para-hydroxylation sites is 1. The summed E-state index contributed by atoms with van der Waals surface area (Å²) < 4.78 is 29.2. The van der Waals surface area contributed by atoms with E-state index < -0.39 is 28.6 Å². The van der Waals surface area contributed by atoms with Crippen LogP contribution in [0.3, 0.4) is 0 Å². The zero-order chi connectivity index (χ0) is 23.4. The highest BCUT2D eigenvalue weighted by Crippen LogP contribution is 2.36. The number of nitrogens with two attached hydrogens (primary N) is 1. The first-order chi connectivity index (χ1) is 15.2. The molecule has 0 aliphatic rings. The lowest BCUT2D eigenvalue weighted by atomic mass is 10.1. The third-order valence-electron chi connectivity index (χ3n) is 4.47. The van der Waals surface area contributed by atoms with E-state index in [0.717, 1.165) is 22.6 Å². The van der Waals surface area contributed by atoms with Crippen LogP contribution < -0.4 is 11.1 Å². The maximum atomic E-state index is 15.0. The molecule has 0 aliphatic heterocycles. The van der Waals surface area contributed by atoms with E-state index in [0.29, 0.717) is 17.3 Å². The highest BCUT2D eigenvalue weighted by atomic mass is 32.2. The number of thioether (sulfide) groups is 1. The quantitative estimate of drug-likeness (QED) is 0.198. The van der Waals surface area contributed by atoms with Crippen molar-refractivity contribution in [3.63, 3.8) is 0 Å². The van der Waals surface area contributed by atoms with Crippen molar-refractivity contribution in [1.29, 1.82) is 0 Å². The minimum Gasteiger partial charge on any atom is -0.507 e. The van der Waals surface area contributed by atoms with E-state index in [4.69, 9.17) is 5.73 Å². The normalized spacial score (nSPS) is 11.6. The van der Waals surface area contributed by atoms with Crippen molar-refractivity contribution in [3.8, 4) is 17.0 Å². The third kappa shape index (κ3) is 4.88. The maximum Gasteiger partial charge on any atom is 0.212 e. The van der Waals surface area contributed by atoms with Crippen LogP contribution in [0.4, 0.5) is 20.3 Å². The fourth-order valence-corrected chi connectivity index (χ4v) is 4.06. The molecule has 2 aromatic carbocycles. The Balaban J connectivity index is 2.17. The summed E-state index contributed by atoms with van der Waals surface area (Å²) in [5.74, 6) is -2.48. The molecule has 0 unspecified atom stereocenters. The fraction of sp³-hybridized carbons (Fsp3) is 0.174. The number of aromatic hydroxyl groups is 1. The van der Waals surface area contributed by atoms with Crippen LogP contribution in [0.2, 0.25) is 0 Å². The van der Waals surface area contributed by atoms with Crippen molar-refractivity contribution >= 4 is 35.5 Å². The van der Waals surface area contributed by atoms with Gasteiger partial charge in [0.25, 0.3) is 0 Å². The number of rotatable bonds is 7. The van der Waals surface area contributed by atoms with E-state index in [1.54, 1.807) is 11.8 Å². The molecule has 4 N–H and O–H groups in total. The van der Waals surface area contributed by atoms with Crippen LogP contribution in [0.5, 0.6) is 5.75 Å². The standard InChI is InChI=1S/C23H22F2N4O2S/c1-12(2)32-18-9-4-6-13(3)20(18)28-22(26)14-10-16(25)21(29-23(14)27-11-30)19-15(24)7-5-8-17(19)31/h4-12,31H,1-3H3,(H2,26,28)(H,27,29,30). The number of hydrogen-bond donors (Lipinski definition) is 3. The summed E-state index contributed by atoms with van der Waals surface area (Å²) in [6.07, 6.45) is 0.343. The molecule has 1 aromatic heterocycles. The molecule has 3 aromatic rings.